The van der Waals surface area contributed by atoms with E-state index in [1.807, 2.05) is 0 Å². The smallest absolute Gasteiger partial charge is 0.416 e. The van der Waals surface area contributed by atoms with Crippen LogP contribution in [0.2, 0.25) is 5.02 Å². The Bertz CT molecular complexity index is 580. The molecular formula is C15H17ClF3NO3. The number of benzene rings is 1. The Morgan fingerprint density at radius 2 is 2.22 bits per heavy atom. The van der Waals surface area contributed by atoms with Gasteiger partial charge < -0.3 is 15.2 Å². The molecule has 3 unspecified atom stereocenters. The van der Waals surface area contributed by atoms with E-state index in [1.165, 1.54) is 6.92 Å². The van der Waals surface area contributed by atoms with Crippen molar-refractivity contribution in [3.63, 3.8) is 0 Å². The zero-order chi connectivity index (χ0) is 17.2. The van der Waals surface area contributed by atoms with Crippen molar-refractivity contribution in [3.05, 3.63) is 28.8 Å². The molecule has 3 atom stereocenters. The van der Waals surface area contributed by atoms with Crippen LogP contribution in [0.25, 0.3) is 0 Å². The zero-order valence-corrected chi connectivity index (χ0v) is 13.1. The number of aliphatic hydroxyl groups is 1. The lowest BCUT2D eigenvalue weighted by molar-refractivity contribution is -0.212. The minimum Gasteiger partial charge on any atom is -0.492 e. The first-order chi connectivity index (χ1) is 10.7. The number of aliphatic hydroxyl groups excluding tert-OH is 1. The van der Waals surface area contributed by atoms with Gasteiger partial charge in [-0.2, -0.15) is 13.2 Å². The van der Waals surface area contributed by atoms with Gasteiger partial charge in [0.25, 0.3) is 0 Å². The van der Waals surface area contributed by atoms with Gasteiger partial charge in [-0.1, -0.05) is 18.5 Å². The summed E-state index contributed by atoms with van der Waals surface area (Å²) in [6.07, 6.45) is -7.09. The van der Waals surface area contributed by atoms with Gasteiger partial charge in [-0.15, -0.1) is 0 Å². The molecule has 1 aliphatic heterocycles. The fraction of sp³-hybridized carbons (Fsp3) is 0.533. The number of halogens is 4. The van der Waals surface area contributed by atoms with Gasteiger partial charge in [-0.25, -0.2) is 0 Å². The maximum atomic E-state index is 12.6. The van der Waals surface area contributed by atoms with E-state index in [1.54, 1.807) is 18.2 Å². The van der Waals surface area contributed by atoms with Crippen LogP contribution in [0.4, 0.5) is 13.2 Å². The molecule has 2 N–H and O–H groups in total. The highest BCUT2D eigenvalue weighted by Gasteiger charge is 2.44. The van der Waals surface area contributed by atoms with Gasteiger partial charge in [0, 0.05) is 5.02 Å². The summed E-state index contributed by atoms with van der Waals surface area (Å²) in [4.78, 5) is 12.2. The number of carbonyl (C=O) groups is 1. The van der Waals surface area contributed by atoms with Crippen molar-refractivity contribution in [2.45, 2.75) is 38.1 Å². The van der Waals surface area contributed by atoms with Gasteiger partial charge in [0.2, 0.25) is 5.91 Å². The summed E-state index contributed by atoms with van der Waals surface area (Å²) in [6, 6.07) is 3.63. The number of fused-ring (bicyclic) bond motifs is 1. The maximum absolute atomic E-state index is 12.6. The highest BCUT2D eigenvalue weighted by molar-refractivity contribution is 6.30. The SMILES string of the molecule is CCC(NC(=O)C1COc2ccc(Cl)cc2C1)C(O)C(F)(F)F. The zero-order valence-electron chi connectivity index (χ0n) is 12.4. The Hall–Kier alpha value is -1.47. The molecule has 0 bridgehead atoms. The van der Waals surface area contributed by atoms with Gasteiger partial charge in [0.15, 0.2) is 6.10 Å². The van der Waals surface area contributed by atoms with Crippen molar-refractivity contribution in [1.29, 1.82) is 0 Å². The fourth-order valence-electron chi connectivity index (χ4n) is 2.46. The Morgan fingerprint density at radius 1 is 1.52 bits per heavy atom. The van der Waals surface area contributed by atoms with Crippen LogP contribution in [0.1, 0.15) is 18.9 Å². The minimum absolute atomic E-state index is 0.0393. The molecule has 0 saturated heterocycles. The lowest BCUT2D eigenvalue weighted by Gasteiger charge is -2.29. The highest BCUT2D eigenvalue weighted by Crippen LogP contribution is 2.30. The summed E-state index contributed by atoms with van der Waals surface area (Å²) >= 11 is 5.89. The molecule has 0 radical (unpaired) electrons. The van der Waals surface area contributed by atoms with Crippen molar-refractivity contribution in [3.8, 4) is 5.75 Å². The molecule has 1 aliphatic rings. The van der Waals surface area contributed by atoms with Crippen molar-refractivity contribution in [2.24, 2.45) is 5.92 Å². The van der Waals surface area contributed by atoms with Crippen LogP contribution < -0.4 is 10.1 Å². The van der Waals surface area contributed by atoms with Gasteiger partial charge in [-0.3, -0.25) is 4.79 Å². The highest BCUT2D eigenvalue weighted by atomic mass is 35.5. The summed E-state index contributed by atoms with van der Waals surface area (Å²) in [7, 11) is 0. The molecule has 1 heterocycles. The molecule has 0 saturated carbocycles. The first-order valence-electron chi connectivity index (χ1n) is 7.18. The lowest BCUT2D eigenvalue weighted by atomic mass is 9.95. The summed E-state index contributed by atoms with van der Waals surface area (Å²) in [5.41, 5.74) is 0.730. The molecule has 128 valence electrons. The van der Waals surface area contributed by atoms with Gasteiger partial charge in [0.05, 0.1) is 12.0 Å². The molecule has 4 nitrogen and oxygen atoms in total. The lowest BCUT2D eigenvalue weighted by Crippen LogP contribution is -2.52. The second-order valence-corrected chi connectivity index (χ2v) is 5.91. The van der Waals surface area contributed by atoms with Crippen LogP contribution >= 0.6 is 11.6 Å². The number of rotatable bonds is 4. The van der Waals surface area contributed by atoms with E-state index in [4.69, 9.17) is 16.3 Å². The molecule has 1 aromatic rings. The summed E-state index contributed by atoms with van der Waals surface area (Å²) in [5.74, 6) is -0.595. The largest absolute Gasteiger partial charge is 0.492 e. The normalized spacial score (nSPS) is 20.2. The summed E-state index contributed by atoms with van der Waals surface area (Å²) < 4.78 is 43.2. The fourth-order valence-corrected chi connectivity index (χ4v) is 2.66. The molecule has 8 heteroatoms. The predicted molar refractivity (Wildman–Crippen MR) is 78.4 cm³/mol. The van der Waals surface area contributed by atoms with Crippen molar-refractivity contribution >= 4 is 17.5 Å². The van der Waals surface area contributed by atoms with Crippen molar-refractivity contribution < 1.29 is 27.8 Å². The maximum Gasteiger partial charge on any atom is 0.416 e. The third-order valence-corrected chi connectivity index (χ3v) is 4.02. The Balaban J connectivity index is 2.04. The monoisotopic (exact) mass is 351 g/mol. The number of amides is 1. The van der Waals surface area contributed by atoms with Gasteiger partial charge in [0.1, 0.15) is 12.4 Å². The molecule has 0 aromatic heterocycles. The summed E-state index contributed by atoms with van der Waals surface area (Å²) in [6.45, 7) is 1.53. The Morgan fingerprint density at radius 3 is 2.83 bits per heavy atom. The topological polar surface area (TPSA) is 58.6 Å². The average molecular weight is 352 g/mol. The van der Waals surface area contributed by atoms with E-state index in [0.29, 0.717) is 17.2 Å². The number of alkyl halides is 3. The number of nitrogens with one attached hydrogen (secondary N) is 1. The van der Waals surface area contributed by atoms with Crippen molar-refractivity contribution in [1.82, 2.24) is 5.32 Å². The predicted octanol–water partition coefficient (Wildman–Crippen LogP) is 2.71. The van der Waals surface area contributed by atoms with Crippen LogP contribution in [-0.4, -0.2) is 35.9 Å². The van der Waals surface area contributed by atoms with E-state index in [0.717, 1.165) is 5.56 Å². The Labute approximate surface area is 136 Å². The first-order valence-corrected chi connectivity index (χ1v) is 7.56. The molecule has 0 fully saturated rings. The standard InChI is InChI=1S/C15H17ClF3NO3/c1-2-11(13(21)15(17,18)19)20-14(22)9-5-8-6-10(16)3-4-12(8)23-7-9/h3-4,6,9,11,13,21H,2,5,7H2,1H3,(H,20,22). The molecule has 2 rings (SSSR count). The van der Waals surface area contributed by atoms with E-state index in [-0.39, 0.29) is 13.0 Å². The van der Waals surface area contributed by atoms with Gasteiger partial charge in [-0.05, 0) is 36.6 Å². The summed E-state index contributed by atoms with van der Waals surface area (Å²) in [5, 5.41) is 12.1. The number of carbonyl (C=O) groups excluding carboxylic acids is 1. The molecular weight excluding hydrogens is 335 g/mol. The van der Waals surface area contributed by atoms with Gasteiger partial charge >= 0.3 is 6.18 Å². The van der Waals surface area contributed by atoms with Crippen molar-refractivity contribution in [2.75, 3.05) is 6.61 Å². The first kappa shape index (κ1) is 17.9. The van der Waals surface area contributed by atoms with E-state index < -0.39 is 30.1 Å². The molecule has 1 aromatic carbocycles. The second-order valence-electron chi connectivity index (χ2n) is 5.47. The van der Waals surface area contributed by atoms with Crippen LogP contribution in [0.3, 0.4) is 0 Å². The molecule has 0 aliphatic carbocycles. The third-order valence-electron chi connectivity index (χ3n) is 3.78. The number of hydrogen-bond donors (Lipinski definition) is 2. The van der Waals surface area contributed by atoms with E-state index in [2.05, 4.69) is 5.32 Å². The van der Waals surface area contributed by atoms with Crippen LogP contribution in [-0.2, 0) is 11.2 Å². The Kier molecular flexibility index (Phi) is 5.41. The van der Waals surface area contributed by atoms with Crippen LogP contribution in [0, 0.1) is 5.92 Å². The third kappa shape index (κ3) is 4.29. The minimum atomic E-state index is -4.78. The molecule has 0 spiro atoms. The van der Waals surface area contributed by atoms with Crippen LogP contribution in [0.15, 0.2) is 18.2 Å². The van der Waals surface area contributed by atoms with E-state index in [9.17, 15) is 23.1 Å². The number of ether oxygens (including phenoxy) is 1. The quantitative estimate of drug-likeness (QED) is 0.877. The second kappa shape index (κ2) is 6.97. The number of hydrogen-bond acceptors (Lipinski definition) is 3. The molecule has 23 heavy (non-hydrogen) atoms. The van der Waals surface area contributed by atoms with E-state index >= 15 is 0 Å². The molecule has 1 amide bonds. The van der Waals surface area contributed by atoms with Crippen LogP contribution in [0.5, 0.6) is 5.75 Å². The average Bonchev–Trinajstić information content (AvgIpc) is 2.50.